The van der Waals surface area contributed by atoms with E-state index in [0.29, 0.717) is 23.6 Å². The molecule has 1 aromatic carbocycles. The molecule has 150 valence electrons. The average Bonchev–Trinajstić information content (AvgIpc) is 2.98. The summed E-state index contributed by atoms with van der Waals surface area (Å²) in [5.74, 6) is -8.91. The number of halogens is 7. The van der Waals surface area contributed by atoms with Gasteiger partial charge in [0.05, 0.1) is 5.56 Å². The molecular formula is C15H9F7N4O2. The molecule has 0 fully saturated rings. The van der Waals surface area contributed by atoms with Crippen molar-refractivity contribution in [3.63, 3.8) is 0 Å². The SMILES string of the molecule is CC(F)(F)c1nn2c(=O)[nH]c(OCC(F)F)nc2c1-c1cc(F)c(F)c(F)c1. The number of aromatic nitrogens is 4. The summed E-state index contributed by atoms with van der Waals surface area (Å²) in [7, 11) is 0. The maximum absolute atomic E-state index is 14.0. The van der Waals surface area contributed by atoms with E-state index in [1.807, 2.05) is 4.98 Å². The molecule has 2 aromatic heterocycles. The molecule has 3 rings (SSSR count). The second-order valence-electron chi connectivity index (χ2n) is 5.65. The van der Waals surface area contributed by atoms with Gasteiger partial charge in [-0.05, 0) is 17.7 Å². The van der Waals surface area contributed by atoms with E-state index < -0.39 is 70.6 Å². The second kappa shape index (κ2) is 6.80. The molecule has 0 spiro atoms. The largest absolute Gasteiger partial charge is 0.459 e. The number of rotatable bonds is 5. The average molecular weight is 410 g/mol. The van der Waals surface area contributed by atoms with Crippen LogP contribution in [-0.4, -0.2) is 32.6 Å². The summed E-state index contributed by atoms with van der Waals surface area (Å²) >= 11 is 0. The van der Waals surface area contributed by atoms with E-state index in [1.165, 1.54) is 0 Å². The molecule has 0 aliphatic heterocycles. The Bertz CT molecular complexity index is 1080. The van der Waals surface area contributed by atoms with Gasteiger partial charge in [-0.15, -0.1) is 0 Å². The zero-order valence-electron chi connectivity index (χ0n) is 13.7. The van der Waals surface area contributed by atoms with Crippen LogP contribution in [0.1, 0.15) is 12.6 Å². The topological polar surface area (TPSA) is 72.3 Å². The highest BCUT2D eigenvalue weighted by Gasteiger charge is 2.35. The number of ether oxygens (including phenoxy) is 1. The first-order chi connectivity index (χ1) is 13.0. The fourth-order valence-electron chi connectivity index (χ4n) is 2.41. The minimum absolute atomic E-state index is 0.344. The number of nitrogens with zero attached hydrogens (tertiary/aromatic N) is 3. The minimum atomic E-state index is -3.71. The van der Waals surface area contributed by atoms with Crippen LogP contribution >= 0.6 is 0 Å². The molecule has 0 aliphatic carbocycles. The van der Waals surface area contributed by atoms with Crippen molar-refractivity contribution in [1.29, 1.82) is 0 Å². The van der Waals surface area contributed by atoms with Crippen LogP contribution in [0.25, 0.3) is 16.8 Å². The van der Waals surface area contributed by atoms with Crippen LogP contribution in [0.15, 0.2) is 16.9 Å². The van der Waals surface area contributed by atoms with Gasteiger partial charge in [0.1, 0.15) is 5.69 Å². The van der Waals surface area contributed by atoms with Gasteiger partial charge in [-0.2, -0.15) is 23.4 Å². The summed E-state index contributed by atoms with van der Waals surface area (Å²) < 4.78 is 97.9. The van der Waals surface area contributed by atoms with Gasteiger partial charge in [-0.3, -0.25) is 4.98 Å². The minimum Gasteiger partial charge on any atom is -0.459 e. The molecule has 0 radical (unpaired) electrons. The lowest BCUT2D eigenvalue weighted by atomic mass is 10.0. The van der Waals surface area contributed by atoms with Crippen molar-refractivity contribution in [1.82, 2.24) is 19.6 Å². The molecule has 6 nitrogen and oxygen atoms in total. The lowest BCUT2D eigenvalue weighted by Crippen LogP contribution is -2.21. The Labute approximate surface area is 150 Å². The molecular weight excluding hydrogens is 401 g/mol. The van der Waals surface area contributed by atoms with Crippen molar-refractivity contribution < 1.29 is 35.5 Å². The maximum Gasteiger partial charge on any atom is 0.352 e. The van der Waals surface area contributed by atoms with Crippen LogP contribution in [0.3, 0.4) is 0 Å². The van der Waals surface area contributed by atoms with Gasteiger partial charge < -0.3 is 4.74 Å². The van der Waals surface area contributed by atoms with Crippen LogP contribution in [-0.2, 0) is 5.92 Å². The predicted octanol–water partition coefficient (Wildman–Crippen LogP) is 3.26. The van der Waals surface area contributed by atoms with Crippen LogP contribution in [0.2, 0.25) is 0 Å². The number of H-pyrrole nitrogens is 1. The fourth-order valence-corrected chi connectivity index (χ4v) is 2.41. The normalized spacial score (nSPS) is 12.2. The van der Waals surface area contributed by atoms with Crippen LogP contribution in [0, 0.1) is 17.5 Å². The van der Waals surface area contributed by atoms with Crippen molar-refractivity contribution in [2.45, 2.75) is 19.3 Å². The second-order valence-corrected chi connectivity index (χ2v) is 5.65. The summed E-state index contributed by atoms with van der Waals surface area (Å²) in [6.07, 6.45) is -2.93. The number of benzene rings is 1. The Morgan fingerprint density at radius 1 is 1.21 bits per heavy atom. The number of alkyl halides is 4. The highest BCUT2D eigenvalue weighted by molar-refractivity contribution is 5.80. The third kappa shape index (κ3) is 3.51. The number of fused-ring (bicyclic) bond motifs is 1. The zero-order chi connectivity index (χ0) is 20.8. The zero-order valence-corrected chi connectivity index (χ0v) is 13.7. The molecule has 13 heteroatoms. The van der Waals surface area contributed by atoms with Gasteiger partial charge in [0.2, 0.25) is 0 Å². The van der Waals surface area contributed by atoms with Gasteiger partial charge >= 0.3 is 5.69 Å². The highest BCUT2D eigenvalue weighted by atomic mass is 19.3. The van der Waals surface area contributed by atoms with E-state index in [0.717, 1.165) is 0 Å². The third-order valence-corrected chi connectivity index (χ3v) is 3.51. The molecule has 1 N–H and O–H groups in total. The van der Waals surface area contributed by atoms with Crippen molar-refractivity contribution in [3.8, 4) is 17.1 Å². The Morgan fingerprint density at radius 2 is 1.82 bits per heavy atom. The molecule has 3 aromatic rings. The first kappa shape index (κ1) is 19.6. The third-order valence-electron chi connectivity index (χ3n) is 3.51. The van der Waals surface area contributed by atoms with Crippen LogP contribution < -0.4 is 10.4 Å². The molecule has 0 saturated carbocycles. The first-order valence-corrected chi connectivity index (χ1v) is 7.46. The molecule has 0 amide bonds. The Morgan fingerprint density at radius 3 is 2.36 bits per heavy atom. The van der Waals surface area contributed by atoms with Crippen molar-refractivity contribution >= 4 is 5.65 Å². The van der Waals surface area contributed by atoms with Gasteiger partial charge in [-0.1, -0.05) is 0 Å². The van der Waals surface area contributed by atoms with E-state index in [1.54, 1.807) is 0 Å². The van der Waals surface area contributed by atoms with E-state index in [9.17, 15) is 35.5 Å². The number of hydrogen-bond donors (Lipinski definition) is 1. The monoisotopic (exact) mass is 410 g/mol. The number of hydrogen-bond acceptors (Lipinski definition) is 4. The molecule has 0 bridgehead atoms. The smallest absolute Gasteiger partial charge is 0.352 e. The summed E-state index contributed by atoms with van der Waals surface area (Å²) in [5.41, 5.74) is -4.23. The van der Waals surface area contributed by atoms with E-state index in [2.05, 4.69) is 14.8 Å². The van der Waals surface area contributed by atoms with Crippen LogP contribution in [0.5, 0.6) is 6.01 Å². The van der Waals surface area contributed by atoms with Crippen molar-refractivity contribution in [2.75, 3.05) is 6.61 Å². The number of aromatic amines is 1. The summed E-state index contributed by atoms with van der Waals surface area (Å²) in [5, 5.41) is 3.40. The Balaban J connectivity index is 2.33. The standard InChI is InChI=1S/C15H9F7N4O2/c1-15(21,22)11-9(5-2-6(16)10(20)7(17)3-5)12-23-13(28-4-8(18)19)24-14(27)26(12)25-11/h2-3,8H,4H2,1H3,(H,23,24,27). The van der Waals surface area contributed by atoms with E-state index >= 15 is 0 Å². The van der Waals surface area contributed by atoms with Gasteiger partial charge in [0.25, 0.3) is 18.4 Å². The van der Waals surface area contributed by atoms with Gasteiger partial charge in [0.15, 0.2) is 29.7 Å². The fraction of sp³-hybridized carbons (Fsp3) is 0.267. The van der Waals surface area contributed by atoms with Crippen molar-refractivity contribution in [3.05, 3.63) is 45.8 Å². The molecule has 0 aliphatic rings. The molecule has 0 atom stereocenters. The first-order valence-electron chi connectivity index (χ1n) is 7.46. The molecule has 0 saturated heterocycles. The lowest BCUT2D eigenvalue weighted by molar-refractivity contribution is 0.0130. The Kier molecular flexibility index (Phi) is 4.77. The molecule has 2 heterocycles. The van der Waals surface area contributed by atoms with E-state index in [4.69, 9.17) is 0 Å². The van der Waals surface area contributed by atoms with E-state index in [-0.39, 0.29) is 0 Å². The maximum atomic E-state index is 14.0. The van der Waals surface area contributed by atoms with Gasteiger partial charge in [0, 0.05) is 6.92 Å². The number of nitrogens with one attached hydrogen (secondary N) is 1. The predicted molar refractivity (Wildman–Crippen MR) is 80.0 cm³/mol. The summed E-state index contributed by atoms with van der Waals surface area (Å²) in [6.45, 7) is -0.768. The van der Waals surface area contributed by atoms with Gasteiger partial charge in [-0.25, -0.2) is 26.7 Å². The quantitative estimate of drug-likeness (QED) is 0.518. The Hall–Kier alpha value is -3.12. The molecule has 0 unspecified atom stereocenters. The van der Waals surface area contributed by atoms with Crippen LogP contribution in [0.4, 0.5) is 30.7 Å². The lowest BCUT2D eigenvalue weighted by Gasteiger charge is -2.10. The summed E-state index contributed by atoms with van der Waals surface area (Å²) in [4.78, 5) is 17.6. The summed E-state index contributed by atoms with van der Waals surface area (Å²) in [6, 6.07) is 0.0634. The molecule has 28 heavy (non-hydrogen) atoms. The highest BCUT2D eigenvalue weighted by Crippen LogP contribution is 2.37. The van der Waals surface area contributed by atoms with Crippen molar-refractivity contribution in [2.24, 2.45) is 0 Å².